The van der Waals surface area contributed by atoms with E-state index in [1.165, 1.54) is 0 Å². The number of nitrogens with two attached hydrogens (primary N) is 1. The number of hydrogen-bond donors (Lipinski definition) is 1. The topological polar surface area (TPSA) is 46.3 Å². The van der Waals surface area contributed by atoms with Crippen LogP contribution in [-0.4, -0.2) is 29.9 Å². The fourth-order valence-electron chi connectivity index (χ4n) is 3.94. The van der Waals surface area contributed by atoms with Crippen LogP contribution in [0.5, 0.6) is 0 Å². The van der Waals surface area contributed by atoms with Crippen molar-refractivity contribution in [3.63, 3.8) is 0 Å². The third kappa shape index (κ3) is 2.22. The Morgan fingerprint density at radius 3 is 2.70 bits per heavy atom. The third-order valence-corrected chi connectivity index (χ3v) is 5.71. The zero-order valence-corrected chi connectivity index (χ0v) is 12.9. The van der Waals surface area contributed by atoms with E-state index in [1.54, 1.807) is 6.07 Å². The number of benzene rings is 1. The summed E-state index contributed by atoms with van der Waals surface area (Å²) in [5.74, 6) is -0.203. The molecule has 0 saturated carbocycles. The summed E-state index contributed by atoms with van der Waals surface area (Å²) in [6.07, 6.45) is 3.15. The standard InChI is InChI=1S/C15H18Cl2N2O/c1-19-9-3-5-13(19)14(15(18)20)10(7-9)8-2-4-11(16)12(17)6-8/h2,4,6,9-10,13-14H,3,5,7H2,1H3,(H2,18,20)/t9?,10-,13-,14-/m1/s1. The maximum atomic E-state index is 12.0. The van der Waals surface area contributed by atoms with Crippen molar-refractivity contribution in [1.29, 1.82) is 0 Å². The fraction of sp³-hybridized carbons (Fsp3) is 0.533. The molecule has 1 aromatic carbocycles. The Morgan fingerprint density at radius 2 is 2.05 bits per heavy atom. The van der Waals surface area contributed by atoms with Crippen LogP contribution >= 0.6 is 23.2 Å². The average molecular weight is 313 g/mol. The first kappa shape index (κ1) is 14.2. The highest BCUT2D eigenvalue weighted by molar-refractivity contribution is 6.42. The van der Waals surface area contributed by atoms with Crippen molar-refractivity contribution in [3.8, 4) is 0 Å². The van der Waals surface area contributed by atoms with Crippen LogP contribution in [0.4, 0.5) is 0 Å². The van der Waals surface area contributed by atoms with Crippen molar-refractivity contribution in [3.05, 3.63) is 33.8 Å². The van der Waals surface area contributed by atoms with Gasteiger partial charge in [-0.2, -0.15) is 0 Å². The molecule has 3 rings (SSSR count). The van der Waals surface area contributed by atoms with Gasteiger partial charge in [0.25, 0.3) is 0 Å². The smallest absolute Gasteiger partial charge is 0.222 e. The van der Waals surface area contributed by atoms with E-state index in [4.69, 9.17) is 28.9 Å². The summed E-state index contributed by atoms with van der Waals surface area (Å²) in [4.78, 5) is 14.3. The van der Waals surface area contributed by atoms with E-state index in [0.717, 1.165) is 24.8 Å². The summed E-state index contributed by atoms with van der Waals surface area (Å²) in [6, 6.07) is 6.45. The van der Waals surface area contributed by atoms with Crippen LogP contribution in [0, 0.1) is 5.92 Å². The molecular formula is C15H18Cl2N2O. The van der Waals surface area contributed by atoms with Gasteiger partial charge in [0.2, 0.25) is 5.91 Å². The van der Waals surface area contributed by atoms with Gasteiger partial charge in [-0.1, -0.05) is 29.3 Å². The first-order valence-corrected chi connectivity index (χ1v) is 7.71. The first-order valence-electron chi connectivity index (χ1n) is 6.95. The Bertz CT molecular complexity index is 549. The number of nitrogens with zero attached hydrogens (tertiary/aromatic N) is 1. The molecule has 2 N–H and O–H groups in total. The van der Waals surface area contributed by atoms with Gasteiger partial charge in [0, 0.05) is 12.1 Å². The molecule has 108 valence electrons. The van der Waals surface area contributed by atoms with Crippen LogP contribution in [0.25, 0.3) is 0 Å². The lowest BCUT2D eigenvalue weighted by atomic mass is 9.76. The largest absolute Gasteiger partial charge is 0.369 e. The molecule has 1 unspecified atom stereocenters. The number of carbonyl (C=O) groups excluding carboxylic acids is 1. The van der Waals surface area contributed by atoms with Crippen LogP contribution in [0.1, 0.15) is 30.7 Å². The van der Waals surface area contributed by atoms with E-state index >= 15 is 0 Å². The first-order chi connectivity index (χ1) is 9.49. The van der Waals surface area contributed by atoms with E-state index in [1.807, 2.05) is 12.1 Å². The molecule has 1 amide bonds. The molecular weight excluding hydrogens is 295 g/mol. The molecule has 0 aromatic heterocycles. The number of amides is 1. The van der Waals surface area contributed by atoms with Gasteiger partial charge in [-0.25, -0.2) is 0 Å². The number of rotatable bonds is 2. The molecule has 0 radical (unpaired) electrons. The lowest BCUT2D eigenvalue weighted by Gasteiger charge is -2.41. The Balaban J connectivity index is 1.98. The van der Waals surface area contributed by atoms with Gasteiger partial charge < -0.3 is 5.73 Å². The van der Waals surface area contributed by atoms with Crippen molar-refractivity contribution in [2.45, 2.75) is 37.3 Å². The zero-order valence-electron chi connectivity index (χ0n) is 11.4. The number of halogens is 2. The van der Waals surface area contributed by atoms with Crippen molar-refractivity contribution >= 4 is 29.1 Å². The van der Waals surface area contributed by atoms with Crippen molar-refractivity contribution in [2.24, 2.45) is 11.7 Å². The lowest BCUT2D eigenvalue weighted by Crippen LogP contribution is -2.50. The van der Waals surface area contributed by atoms with Crippen molar-refractivity contribution in [1.82, 2.24) is 4.90 Å². The quantitative estimate of drug-likeness (QED) is 0.912. The van der Waals surface area contributed by atoms with E-state index in [2.05, 4.69) is 11.9 Å². The predicted molar refractivity (Wildman–Crippen MR) is 81.1 cm³/mol. The predicted octanol–water partition coefficient (Wildman–Crippen LogP) is 3.05. The molecule has 2 heterocycles. The van der Waals surface area contributed by atoms with Gasteiger partial charge in [0.1, 0.15) is 0 Å². The number of carbonyl (C=O) groups is 1. The minimum atomic E-state index is -0.210. The Kier molecular flexibility index (Phi) is 3.69. The molecule has 3 nitrogen and oxygen atoms in total. The highest BCUT2D eigenvalue weighted by Gasteiger charge is 2.48. The maximum absolute atomic E-state index is 12.0. The van der Waals surface area contributed by atoms with Gasteiger partial charge in [0.15, 0.2) is 0 Å². The van der Waals surface area contributed by atoms with Crippen LogP contribution in [0.2, 0.25) is 10.0 Å². The van der Waals surface area contributed by atoms with Crippen LogP contribution < -0.4 is 5.73 Å². The summed E-state index contributed by atoms with van der Waals surface area (Å²) in [5.41, 5.74) is 6.76. The summed E-state index contributed by atoms with van der Waals surface area (Å²) < 4.78 is 0. The second-order valence-electron chi connectivity index (χ2n) is 5.91. The molecule has 2 fully saturated rings. The Hall–Kier alpha value is -0.770. The van der Waals surface area contributed by atoms with Gasteiger partial charge in [0.05, 0.1) is 16.0 Å². The molecule has 2 aliphatic rings. The van der Waals surface area contributed by atoms with Gasteiger partial charge in [-0.05, 0) is 49.9 Å². The Labute approximate surface area is 129 Å². The van der Waals surface area contributed by atoms with Crippen LogP contribution in [0.3, 0.4) is 0 Å². The van der Waals surface area contributed by atoms with E-state index < -0.39 is 0 Å². The van der Waals surface area contributed by atoms with Crippen molar-refractivity contribution in [2.75, 3.05) is 7.05 Å². The van der Waals surface area contributed by atoms with E-state index in [9.17, 15) is 4.79 Å². The second kappa shape index (κ2) is 5.21. The normalized spacial score (nSPS) is 33.4. The molecule has 0 aliphatic carbocycles. The highest BCUT2D eigenvalue weighted by atomic mass is 35.5. The minimum absolute atomic E-state index is 0.143. The second-order valence-corrected chi connectivity index (χ2v) is 6.72. The van der Waals surface area contributed by atoms with Crippen molar-refractivity contribution < 1.29 is 4.79 Å². The number of primary amides is 1. The molecule has 5 heteroatoms. The van der Waals surface area contributed by atoms with Crippen LogP contribution in [0.15, 0.2) is 18.2 Å². The fourth-order valence-corrected chi connectivity index (χ4v) is 4.25. The molecule has 2 aliphatic heterocycles. The minimum Gasteiger partial charge on any atom is -0.369 e. The summed E-state index contributed by atoms with van der Waals surface area (Å²) in [7, 11) is 2.10. The zero-order chi connectivity index (χ0) is 14.4. The summed E-state index contributed by atoms with van der Waals surface area (Å²) in [5, 5.41) is 1.08. The third-order valence-electron chi connectivity index (χ3n) is 4.97. The summed E-state index contributed by atoms with van der Waals surface area (Å²) in [6.45, 7) is 0. The summed E-state index contributed by atoms with van der Waals surface area (Å²) >= 11 is 12.1. The van der Waals surface area contributed by atoms with E-state index in [0.29, 0.717) is 16.1 Å². The molecule has 2 bridgehead atoms. The highest BCUT2D eigenvalue weighted by Crippen LogP contribution is 2.46. The maximum Gasteiger partial charge on any atom is 0.222 e. The van der Waals surface area contributed by atoms with Gasteiger partial charge in [-0.3, -0.25) is 9.69 Å². The van der Waals surface area contributed by atoms with E-state index in [-0.39, 0.29) is 23.8 Å². The number of hydrogen-bond acceptors (Lipinski definition) is 2. The van der Waals surface area contributed by atoms with Gasteiger partial charge in [-0.15, -0.1) is 0 Å². The molecule has 2 saturated heterocycles. The molecule has 1 aromatic rings. The Morgan fingerprint density at radius 1 is 1.30 bits per heavy atom. The van der Waals surface area contributed by atoms with Gasteiger partial charge >= 0.3 is 0 Å². The average Bonchev–Trinajstić information content (AvgIpc) is 2.63. The monoisotopic (exact) mass is 312 g/mol. The number of piperidine rings is 1. The molecule has 20 heavy (non-hydrogen) atoms. The molecule has 4 atom stereocenters. The lowest BCUT2D eigenvalue weighted by molar-refractivity contribution is -0.126. The van der Waals surface area contributed by atoms with Crippen LogP contribution in [-0.2, 0) is 4.79 Å². The SMILES string of the molecule is CN1C2CC[C@@H]1[C@H](C(N)=O)[C@@H](c1ccc(Cl)c(Cl)c1)C2. The number of fused-ring (bicyclic) bond motifs is 2. The molecule has 0 spiro atoms.